The van der Waals surface area contributed by atoms with Crippen molar-refractivity contribution in [1.29, 1.82) is 0 Å². The lowest BCUT2D eigenvalue weighted by atomic mass is 9.64. The maximum Gasteiger partial charge on any atom is 0.337 e. The van der Waals surface area contributed by atoms with Crippen molar-refractivity contribution >= 4 is 40.5 Å². The Balaban J connectivity index is 0.000000121. The van der Waals surface area contributed by atoms with Crippen LogP contribution >= 0.6 is 22.6 Å². The SMILES string of the molecule is CC(C)(Oc1ccc(C2(c3ccc(I)cc3)CC3CCC2C3)cc1)c1ccccn1.COC(=O)c1ccc(C2(c3ccc(OC(C)(C)c4ccccn4)cc3)CC3CCC2C3)cc1.COC(=O)c1ccc([C@@]2(c3ccc(OC(C)(C)c4ccccn4)cc3)CC3CCC2C3)cc1.COC(=O)c1ccc([C@]2(c3ccc(OC(C)(C)c4ccccn4)cc3)CC3CC[C@@H]2C3)cc1. The van der Waals surface area contributed by atoms with Crippen LogP contribution in [0.3, 0.4) is 0 Å². The number of fused-ring (bicyclic) bond motifs is 8. The minimum Gasteiger partial charge on any atom is -0.482 e. The number of carbonyl (C=O) groups is 3. The van der Waals surface area contributed by atoms with Gasteiger partial charge in [0.25, 0.3) is 0 Å². The Kier molecular flexibility index (Phi) is 25.9. The molecule has 8 saturated carbocycles. The molecule has 8 bridgehead atoms. The first-order valence-corrected chi connectivity index (χ1v) is 47.5. The van der Waals surface area contributed by atoms with Gasteiger partial charge in [-0.05, 0) is 392 Å². The smallest absolute Gasteiger partial charge is 0.337 e. The van der Waals surface area contributed by atoms with Crippen molar-refractivity contribution in [2.75, 3.05) is 21.3 Å². The molecule has 4 heterocycles. The number of benzene rings is 8. The number of ether oxygens (including phenoxy) is 7. The number of hydrogen-bond acceptors (Lipinski definition) is 14. The summed E-state index contributed by atoms with van der Waals surface area (Å²) in [4.78, 5) is 53.7. The topological polar surface area (TPSA) is 167 Å². The molecule has 9 unspecified atom stereocenters. The number of hydrogen-bond donors (Lipinski definition) is 0. The first-order valence-electron chi connectivity index (χ1n) is 46.4. The number of rotatable bonds is 23. The Bertz CT molecular complexity index is 5390. The van der Waals surface area contributed by atoms with E-state index in [0.717, 1.165) is 94.6 Å². The highest BCUT2D eigenvalue weighted by Crippen LogP contribution is 2.64. The monoisotopic (exact) mass is 1830 g/mol. The molecule has 664 valence electrons. The van der Waals surface area contributed by atoms with Crippen LogP contribution in [0.4, 0.5) is 0 Å². The maximum atomic E-state index is 11.9. The van der Waals surface area contributed by atoms with E-state index in [0.29, 0.717) is 34.4 Å². The molecular weight excluding hydrogens is 1710 g/mol. The molecule has 8 aliphatic carbocycles. The molecule has 8 fully saturated rings. The lowest BCUT2D eigenvalue weighted by molar-refractivity contribution is 0.0592. The van der Waals surface area contributed by atoms with Gasteiger partial charge in [0.2, 0.25) is 0 Å². The van der Waals surface area contributed by atoms with Crippen molar-refractivity contribution in [2.45, 2.75) is 202 Å². The van der Waals surface area contributed by atoms with Gasteiger partial charge in [0, 0.05) is 50.0 Å². The molecule has 12 atom stereocenters. The van der Waals surface area contributed by atoms with Crippen LogP contribution in [0, 0.1) is 50.9 Å². The summed E-state index contributed by atoms with van der Waals surface area (Å²) in [5.41, 5.74) is 14.4. The highest BCUT2D eigenvalue weighted by atomic mass is 127. The van der Waals surface area contributed by atoms with Gasteiger partial charge in [-0.1, -0.05) is 147 Å². The molecule has 20 rings (SSSR count). The average molecular weight is 1830 g/mol. The van der Waals surface area contributed by atoms with E-state index in [1.165, 1.54) is 153 Å². The highest BCUT2D eigenvalue weighted by molar-refractivity contribution is 14.1. The van der Waals surface area contributed by atoms with Crippen LogP contribution in [-0.2, 0) is 58.3 Å². The van der Waals surface area contributed by atoms with E-state index in [1.807, 2.05) is 157 Å². The van der Waals surface area contributed by atoms with E-state index in [-0.39, 0.29) is 39.6 Å². The molecule has 0 radical (unpaired) electrons. The molecule has 0 N–H and O–H groups in total. The minimum atomic E-state index is -0.517. The van der Waals surface area contributed by atoms with Crippen molar-refractivity contribution in [3.63, 3.8) is 0 Å². The quantitative estimate of drug-likeness (QED) is 0.0337. The number of esters is 3. The Labute approximate surface area is 775 Å². The summed E-state index contributed by atoms with van der Waals surface area (Å²) in [5.74, 6) is 8.37. The van der Waals surface area contributed by atoms with Gasteiger partial charge in [-0.2, -0.15) is 0 Å². The first-order chi connectivity index (χ1) is 62.2. The van der Waals surface area contributed by atoms with Crippen molar-refractivity contribution in [3.8, 4) is 23.0 Å². The molecule has 0 aliphatic heterocycles. The molecule has 129 heavy (non-hydrogen) atoms. The zero-order valence-corrected chi connectivity index (χ0v) is 78.6. The van der Waals surface area contributed by atoms with Gasteiger partial charge < -0.3 is 33.2 Å². The number of halogens is 1. The molecule has 0 amide bonds. The lowest BCUT2D eigenvalue weighted by Crippen LogP contribution is -2.34. The Morgan fingerprint density at radius 1 is 0.271 bits per heavy atom. The summed E-state index contributed by atoms with van der Waals surface area (Å²) in [6, 6.07) is 92.0. The van der Waals surface area contributed by atoms with Gasteiger partial charge >= 0.3 is 17.9 Å². The van der Waals surface area contributed by atoms with E-state index in [9.17, 15) is 14.4 Å². The van der Waals surface area contributed by atoms with Gasteiger partial charge in [-0.25, -0.2) is 14.4 Å². The number of nitrogens with zero attached hydrogens (tertiary/aromatic N) is 4. The first kappa shape index (κ1) is 89.7. The summed E-state index contributed by atoms with van der Waals surface area (Å²) < 4.78 is 41.4. The second-order valence-corrected chi connectivity index (χ2v) is 40.6. The maximum absolute atomic E-state index is 11.9. The Morgan fingerprint density at radius 2 is 0.465 bits per heavy atom. The van der Waals surface area contributed by atoms with Crippen LogP contribution in [0.1, 0.15) is 256 Å². The number of pyridine rings is 4. The largest absolute Gasteiger partial charge is 0.482 e. The second kappa shape index (κ2) is 37.3. The van der Waals surface area contributed by atoms with Crippen molar-refractivity contribution in [1.82, 2.24) is 19.9 Å². The highest BCUT2D eigenvalue weighted by Gasteiger charge is 2.57. The van der Waals surface area contributed by atoms with Crippen molar-refractivity contribution < 1.29 is 47.5 Å². The zero-order chi connectivity index (χ0) is 89.9. The predicted molar refractivity (Wildman–Crippen MR) is 515 cm³/mol. The lowest BCUT2D eigenvalue weighted by Gasteiger charge is -2.39. The molecule has 14 nitrogen and oxygen atoms in total. The van der Waals surface area contributed by atoms with E-state index in [4.69, 9.17) is 33.2 Å². The summed E-state index contributed by atoms with van der Waals surface area (Å²) >= 11 is 2.40. The van der Waals surface area contributed by atoms with E-state index < -0.39 is 22.4 Å². The van der Waals surface area contributed by atoms with Crippen LogP contribution in [-0.4, -0.2) is 59.2 Å². The van der Waals surface area contributed by atoms with Crippen LogP contribution in [0.15, 0.2) is 292 Å². The average Bonchev–Trinajstić information content (AvgIpc) is 1.60. The van der Waals surface area contributed by atoms with Gasteiger partial charge in [-0.3, -0.25) is 19.9 Å². The van der Waals surface area contributed by atoms with Crippen LogP contribution in [0.25, 0.3) is 0 Å². The van der Waals surface area contributed by atoms with Crippen LogP contribution in [0.5, 0.6) is 23.0 Å². The molecule has 12 aromatic rings. The zero-order valence-electron chi connectivity index (χ0n) is 76.4. The fraction of sp³-hybridized carbons (Fsp3) is 0.377. The van der Waals surface area contributed by atoms with Gasteiger partial charge in [-0.15, -0.1) is 0 Å². The van der Waals surface area contributed by atoms with Crippen LogP contribution in [0.2, 0.25) is 0 Å². The third-order valence-corrected chi connectivity index (χ3v) is 31.0. The molecule has 15 heteroatoms. The van der Waals surface area contributed by atoms with Crippen LogP contribution < -0.4 is 18.9 Å². The Morgan fingerprint density at radius 3 is 0.628 bits per heavy atom. The number of methoxy groups -OCH3 is 3. The van der Waals surface area contributed by atoms with Gasteiger partial charge in [0.1, 0.15) is 45.4 Å². The van der Waals surface area contributed by atoms with E-state index in [1.54, 1.807) is 18.6 Å². The molecule has 0 saturated heterocycles. The second-order valence-electron chi connectivity index (χ2n) is 39.3. The molecule has 8 aliphatic rings. The third-order valence-electron chi connectivity index (χ3n) is 30.3. The Hall–Kier alpha value is -11.3. The minimum absolute atomic E-state index is 0.00734. The van der Waals surface area contributed by atoms with E-state index in [2.05, 4.69) is 214 Å². The molecular formula is C114H121IN4O10. The standard InChI is InChI=1S/3C29H31NO3.C27H28INO/c3*1-28(2,26-6-4-5-17-30-26)33-25-15-13-23(14-16-25)29(19-20-7-10-24(29)18-20)22-11-8-21(9-12-22)27(31)32-3;1-26(2,25-5-3-4-16-29-25)30-24-14-10-21(11-15-24)27(18-19-6-7-22(27)17-19)20-8-12-23(28)13-9-20/h3*4-6,8-9,11-17,20,24H,7,10,18-19H2,1-3H3;3-5,8-16,19,22H,6-7,17-18H2,1-2H3/t20?,24?,29-;20?,24-,29+;;/m11../s1. The summed E-state index contributed by atoms with van der Waals surface area (Å²) in [6.45, 7) is 16.4. The fourth-order valence-electron chi connectivity index (χ4n) is 24.2. The van der Waals surface area contributed by atoms with Crippen molar-refractivity contribution in [3.05, 3.63) is 379 Å². The molecule has 8 aromatic carbocycles. The predicted octanol–water partition coefficient (Wildman–Crippen LogP) is 26.0. The summed E-state index contributed by atoms with van der Waals surface area (Å²) in [5, 5.41) is 0. The normalized spacial score (nSPS) is 24.3. The summed E-state index contributed by atoms with van der Waals surface area (Å²) in [6.07, 6.45) is 27.7. The van der Waals surface area contributed by atoms with Crippen molar-refractivity contribution in [2.24, 2.45) is 47.3 Å². The third kappa shape index (κ3) is 18.2. The fourth-order valence-corrected chi connectivity index (χ4v) is 24.5. The van der Waals surface area contributed by atoms with Gasteiger partial charge in [0.15, 0.2) is 0 Å². The van der Waals surface area contributed by atoms with E-state index >= 15 is 0 Å². The number of aromatic nitrogens is 4. The molecule has 4 aromatic heterocycles. The van der Waals surface area contributed by atoms with Gasteiger partial charge in [0.05, 0.1) is 60.8 Å². The molecule has 0 spiro atoms. The summed E-state index contributed by atoms with van der Waals surface area (Å²) in [7, 11) is 4.27. The number of carbonyl (C=O) groups excluding carboxylic acids is 3.